The molecule has 0 saturated heterocycles. The Hall–Kier alpha value is -6.17. The first kappa shape index (κ1) is 33.7. The Balaban J connectivity index is 0.00000384. The molecule has 0 atom stereocenters. The zero-order valence-electron chi connectivity index (χ0n) is 29.8. The van der Waals surface area contributed by atoms with E-state index in [1.54, 1.807) is 0 Å². The molecule has 0 amide bonds. The van der Waals surface area contributed by atoms with Gasteiger partial charge in [0, 0.05) is 28.6 Å². The molecule has 0 N–H and O–H groups in total. The van der Waals surface area contributed by atoms with E-state index < -0.39 is 0 Å². The topological polar surface area (TPSA) is 60.0 Å². The second-order valence-electron chi connectivity index (χ2n) is 14.3. The van der Waals surface area contributed by atoms with Gasteiger partial charge in [-0.25, -0.2) is 9.98 Å². The Morgan fingerprint density at radius 1 is 0.685 bits per heavy atom. The van der Waals surface area contributed by atoms with Gasteiger partial charge in [0.1, 0.15) is 17.7 Å². The molecule has 7 nitrogen and oxygen atoms in total. The minimum absolute atomic E-state index is 0. The van der Waals surface area contributed by atoms with Gasteiger partial charge in [-0.1, -0.05) is 117 Å². The van der Waals surface area contributed by atoms with Crippen LogP contribution in [-0.2, 0) is 26.5 Å². The zero-order valence-corrected chi connectivity index (χ0v) is 32.1. The Bertz CT molecular complexity index is 2750. The minimum atomic E-state index is -0.0252. The average Bonchev–Trinajstić information content (AvgIpc) is 3.49. The van der Waals surface area contributed by atoms with Crippen molar-refractivity contribution in [1.29, 1.82) is 0 Å². The third-order valence-corrected chi connectivity index (χ3v) is 9.98. The number of pyridine rings is 1. The minimum Gasteiger partial charge on any atom is -0.487 e. The standard InChI is InChI=1S/C46H34N6O.Pt/c1-46(2,3)30-26-27-47-43(28-30)50-37-18-8-6-16-34(37)35-25-24-31(29-41(35)50)53-44-23-13-12-22-42(49-44)52-40-21-11-10-20-39(40)51-38-19-9-5-15-33(38)32-14-4-7-17-36(32)48-45(51)52;/h4-28H,1-3H3;/q-2;+2. The number of fused-ring (bicyclic) bond motifs is 10. The summed E-state index contributed by atoms with van der Waals surface area (Å²) in [5, 5.41) is 7.35. The van der Waals surface area contributed by atoms with Gasteiger partial charge in [0.15, 0.2) is 0 Å². The summed E-state index contributed by atoms with van der Waals surface area (Å²) < 4.78 is 8.77. The van der Waals surface area contributed by atoms with Gasteiger partial charge in [-0.2, -0.15) is 6.07 Å². The maximum Gasteiger partial charge on any atom is 2.00 e. The van der Waals surface area contributed by atoms with Crippen LogP contribution in [0.15, 0.2) is 169 Å². The van der Waals surface area contributed by atoms with Crippen molar-refractivity contribution < 1.29 is 25.8 Å². The van der Waals surface area contributed by atoms with Crippen molar-refractivity contribution >= 4 is 50.5 Å². The van der Waals surface area contributed by atoms with E-state index in [0.717, 1.165) is 67.5 Å². The Morgan fingerprint density at radius 3 is 2.22 bits per heavy atom. The quantitative estimate of drug-likeness (QED) is 0.165. The molecule has 3 aliphatic rings. The molecule has 0 bridgehead atoms. The number of aromatic nitrogens is 2. The van der Waals surface area contributed by atoms with Gasteiger partial charge >= 0.3 is 21.1 Å². The van der Waals surface area contributed by atoms with Gasteiger partial charge in [-0.3, -0.25) is 4.90 Å². The maximum atomic E-state index is 6.59. The summed E-state index contributed by atoms with van der Waals surface area (Å²) in [4.78, 5) is 14.5. The van der Waals surface area contributed by atoms with E-state index in [9.17, 15) is 0 Å². The number of anilines is 3. The molecule has 54 heavy (non-hydrogen) atoms. The van der Waals surface area contributed by atoms with Crippen molar-refractivity contribution in [3.63, 3.8) is 0 Å². The summed E-state index contributed by atoms with van der Waals surface area (Å²) in [6.45, 7) is 6.65. The van der Waals surface area contributed by atoms with Crippen LogP contribution in [0.3, 0.4) is 0 Å². The normalized spacial score (nSPS) is 14.4. The summed E-state index contributed by atoms with van der Waals surface area (Å²) in [5.41, 5.74) is 9.30. The molecule has 0 aliphatic carbocycles. The number of nitrogens with zero attached hydrogens (tertiary/aromatic N) is 6. The second kappa shape index (κ2) is 13.0. The molecule has 0 radical (unpaired) electrons. The number of hydrogen-bond acceptors (Lipinski definition) is 5. The largest absolute Gasteiger partial charge is 2.00 e. The van der Waals surface area contributed by atoms with Crippen LogP contribution in [0.25, 0.3) is 44.1 Å². The van der Waals surface area contributed by atoms with Gasteiger partial charge in [-0.15, -0.1) is 17.5 Å². The summed E-state index contributed by atoms with van der Waals surface area (Å²) in [7, 11) is 0. The predicted molar refractivity (Wildman–Crippen MR) is 215 cm³/mol. The molecular formula is C46H34N6OPt. The molecule has 3 aliphatic heterocycles. The SMILES string of the molecule is CC(C)(C)c1ccnc(-n2c3[c-]c(OC4=CC=CC=C(N5C6=Nc7ccccc7-c7ccccc7N6c6ccccc65)[N-]4)ccc3c3ccccc32)c1.[Pt+2]. The van der Waals surface area contributed by atoms with Crippen molar-refractivity contribution in [2.75, 3.05) is 9.80 Å². The van der Waals surface area contributed by atoms with Gasteiger partial charge in [-0.05, 0) is 70.3 Å². The molecule has 0 saturated carbocycles. The van der Waals surface area contributed by atoms with Crippen LogP contribution in [0.4, 0.5) is 22.7 Å². The Morgan fingerprint density at radius 2 is 1.39 bits per heavy atom. The smallest absolute Gasteiger partial charge is 0.487 e. The van der Waals surface area contributed by atoms with E-state index in [0.29, 0.717) is 17.5 Å². The molecule has 5 heterocycles. The molecule has 7 aromatic rings. The summed E-state index contributed by atoms with van der Waals surface area (Å²) in [6, 6.07) is 45.4. The van der Waals surface area contributed by atoms with Crippen molar-refractivity contribution in [2.45, 2.75) is 26.2 Å². The van der Waals surface area contributed by atoms with Crippen molar-refractivity contribution in [2.24, 2.45) is 4.99 Å². The fourth-order valence-corrected chi connectivity index (χ4v) is 7.46. The molecule has 264 valence electrons. The molecule has 8 heteroatoms. The molecule has 5 aromatic carbocycles. The maximum absolute atomic E-state index is 6.59. The van der Waals surface area contributed by atoms with Crippen LogP contribution < -0.4 is 14.5 Å². The van der Waals surface area contributed by atoms with Crippen LogP contribution in [0.5, 0.6) is 5.75 Å². The third kappa shape index (κ3) is 5.46. The van der Waals surface area contributed by atoms with E-state index in [1.807, 2.05) is 48.7 Å². The number of allylic oxidation sites excluding steroid dienone is 4. The molecule has 0 fully saturated rings. The van der Waals surface area contributed by atoms with Gasteiger partial charge in [0.2, 0.25) is 0 Å². The number of aliphatic imine (C=N–C) groups is 1. The van der Waals surface area contributed by atoms with Gasteiger partial charge in [0.25, 0.3) is 0 Å². The van der Waals surface area contributed by atoms with Crippen LogP contribution in [0.1, 0.15) is 26.3 Å². The van der Waals surface area contributed by atoms with E-state index in [1.165, 1.54) is 5.56 Å². The van der Waals surface area contributed by atoms with E-state index in [2.05, 4.69) is 144 Å². The fraction of sp³-hybridized carbons (Fsp3) is 0.0870. The molecular weight excluding hydrogens is 848 g/mol. The number of guanidine groups is 1. The number of para-hydroxylation sites is 5. The summed E-state index contributed by atoms with van der Waals surface area (Å²) >= 11 is 0. The van der Waals surface area contributed by atoms with Crippen LogP contribution >= 0.6 is 0 Å². The van der Waals surface area contributed by atoms with E-state index in [-0.39, 0.29) is 26.5 Å². The number of rotatable bonds is 4. The fourth-order valence-electron chi connectivity index (χ4n) is 7.46. The van der Waals surface area contributed by atoms with E-state index >= 15 is 0 Å². The third-order valence-electron chi connectivity index (χ3n) is 9.98. The summed E-state index contributed by atoms with van der Waals surface area (Å²) in [5.74, 6) is 3.25. The predicted octanol–water partition coefficient (Wildman–Crippen LogP) is 11.6. The second-order valence-corrected chi connectivity index (χ2v) is 14.3. The molecule has 10 rings (SSSR count). The van der Waals surface area contributed by atoms with Crippen molar-refractivity contribution in [3.05, 3.63) is 180 Å². The first-order valence-corrected chi connectivity index (χ1v) is 17.8. The average molecular weight is 882 g/mol. The monoisotopic (exact) mass is 881 g/mol. The first-order valence-electron chi connectivity index (χ1n) is 17.8. The summed E-state index contributed by atoms with van der Waals surface area (Å²) in [6.07, 6.45) is 9.70. The van der Waals surface area contributed by atoms with Gasteiger partial charge in [0.05, 0.1) is 17.1 Å². The van der Waals surface area contributed by atoms with Crippen molar-refractivity contribution in [3.8, 4) is 22.7 Å². The number of hydrogen-bond donors (Lipinski definition) is 0. The first-order chi connectivity index (χ1) is 25.9. The van der Waals surface area contributed by atoms with Crippen molar-refractivity contribution in [1.82, 2.24) is 9.55 Å². The van der Waals surface area contributed by atoms with Gasteiger partial charge < -0.3 is 19.5 Å². The molecule has 0 spiro atoms. The zero-order chi connectivity index (χ0) is 35.7. The van der Waals surface area contributed by atoms with E-state index in [4.69, 9.17) is 20.0 Å². The van der Waals surface area contributed by atoms with Crippen LogP contribution in [0, 0.1) is 6.07 Å². The molecule has 2 aromatic heterocycles. The Kier molecular flexibility index (Phi) is 8.13. The van der Waals surface area contributed by atoms with Crippen LogP contribution in [0.2, 0.25) is 0 Å². The van der Waals surface area contributed by atoms with Crippen LogP contribution in [-0.4, -0.2) is 15.5 Å². The Labute approximate surface area is 328 Å². The molecule has 0 unspecified atom stereocenters. The number of ether oxygens (including phenoxy) is 1. The number of benzene rings is 5.